The second-order valence-corrected chi connectivity index (χ2v) is 5.07. The zero-order valence-corrected chi connectivity index (χ0v) is 13.4. The molecule has 0 saturated carbocycles. The molecule has 0 aliphatic heterocycles. The van der Waals surface area contributed by atoms with Crippen molar-refractivity contribution < 1.29 is 9.53 Å². The van der Waals surface area contributed by atoms with E-state index in [9.17, 15) is 4.79 Å². The highest BCUT2D eigenvalue weighted by Gasteiger charge is 2.20. The van der Waals surface area contributed by atoms with Crippen LogP contribution in [0.2, 0.25) is 0 Å². The van der Waals surface area contributed by atoms with E-state index in [0.29, 0.717) is 13.2 Å². The van der Waals surface area contributed by atoms with Crippen LogP contribution >= 0.6 is 12.4 Å². The molecular weight excluding hydrogens is 276 g/mol. The zero-order valence-electron chi connectivity index (χ0n) is 12.6. The molecule has 2 atom stereocenters. The van der Waals surface area contributed by atoms with Crippen LogP contribution < -0.4 is 10.5 Å². The van der Waals surface area contributed by atoms with Crippen molar-refractivity contribution in [2.45, 2.75) is 26.8 Å². The average molecular weight is 301 g/mol. The van der Waals surface area contributed by atoms with E-state index >= 15 is 0 Å². The predicted octanol–water partition coefficient (Wildman–Crippen LogP) is 2.24. The number of carbonyl (C=O) groups excluding carboxylic acids is 1. The second-order valence-electron chi connectivity index (χ2n) is 5.07. The first kappa shape index (κ1) is 18.7. The molecule has 1 amide bonds. The first-order chi connectivity index (χ1) is 8.91. The number of amides is 1. The number of halogens is 1. The van der Waals surface area contributed by atoms with E-state index in [1.165, 1.54) is 5.56 Å². The van der Waals surface area contributed by atoms with Crippen LogP contribution in [0.5, 0.6) is 5.75 Å². The Bertz CT molecular complexity index is 407. The van der Waals surface area contributed by atoms with Crippen molar-refractivity contribution in [3.8, 4) is 5.75 Å². The normalized spacial score (nSPS) is 13.1. The van der Waals surface area contributed by atoms with Gasteiger partial charge in [0.15, 0.2) is 0 Å². The molecular formula is C15H25ClN2O2. The Morgan fingerprint density at radius 3 is 2.35 bits per heavy atom. The number of ether oxygens (including phenoxy) is 1. The van der Waals surface area contributed by atoms with Gasteiger partial charge in [-0.05, 0) is 26.0 Å². The average Bonchev–Trinajstić information content (AvgIpc) is 2.39. The third-order valence-electron chi connectivity index (χ3n) is 3.27. The van der Waals surface area contributed by atoms with E-state index in [-0.39, 0.29) is 30.3 Å². The molecule has 20 heavy (non-hydrogen) atoms. The Kier molecular flexibility index (Phi) is 8.26. The van der Waals surface area contributed by atoms with Crippen molar-refractivity contribution in [2.75, 3.05) is 20.2 Å². The maximum Gasteiger partial charge on any atom is 0.226 e. The predicted molar refractivity (Wildman–Crippen MR) is 84.4 cm³/mol. The minimum absolute atomic E-state index is 0. The molecule has 2 unspecified atom stereocenters. The summed E-state index contributed by atoms with van der Waals surface area (Å²) in [6.45, 7) is 6.77. The molecule has 0 radical (unpaired) electrons. The Labute approximate surface area is 127 Å². The van der Waals surface area contributed by atoms with Gasteiger partial charge >= 0.3 is 0 Å². The highest BCUT2D eigenvalue weighted by molar-refractivity contribution is 5.85. The smallest absolute Gasteiger partial charge is 0.226 e. The summed E-state index contributed by atoms with van der Waals surface area (Å²) in [6, 6.07) is 7.74. The number of aryl methyl sites for hydroxylation is 1. The summed E-state index contributed by atoms with van der Waals surface area (Å²) >= 11 is 0. The van der Waals surface area contributed by atoms with Crippen LogP contribution in [0.25, 0.3) is 0 Å². The fraction of sp³-hybridized carbons (Fsp3) is 0.533. The summed E-state index contributed by atoms with van der Waals surface area (Å²) in [6.07, 6.45) is 0. The molecule has 114 valence electrons. The standard InChI is InChI=1S/C15H24N2O2.ClH/c1-11-5-7-14(8-6-11)19-10-9-17(4)15(18)12(2)13(3)16;/h5-8,12-13H,9-10,16H2,1-4H3;1H. The summed E-state index contributed by atoms with van der Waals surface area (Å²) in [5.41, 5.74) is 6.93. The Hall–Kier alpha value is -1.26. The number of nitrogens with zero attached hydrogens (tertiary/aromatic N) is 1. The van der Waals surface area contributed by atoms with Gasteiger partial charge in [-0.25, -0.2) is 0 Å². The van der Waals surface area contributed by atoms with Gasteiger partial charge in [-0.2, -0.15) is 0 Å². The van der Waals surface area contributed by atoms with Gasteiger partial charge in [0.05, 0.1) is 12.5 Å². The van der Waals surface area contributed by atoms with Gasteiger partial charge < -0.3 is 15.4 Å². The minimum atomic E-state index is -0.163. The van der Waals surface area contributed by atoms with Gasteiger partial charge in [-0.3, -0.25) is 4.79 Å². The fourth-order valence-corrected chi connectivity index (χ4v) is 1.62. The molecule has 1 aromatic rings. The third-order valence-corrected chi connectivity index (χ3v) is 3.27. The Balaban J connectivity index is 0.00000361. The van der Waals surface area contributed by atoms with Crippen LogP contribution in [-0.2, 0) is 4.79 Å². The van der Waals surface area contributed by atoms with E-state index in [1.54, 1.807) is 11.9 Å². The summed E-state index contributed by atoms with van der Waals surface area (Å²) < 4.78 is 5.60. The lowest BCUT2D eigenvalue weighted by Crippen LogP contribution is -2.41. The molecule has 0 aliphatic rings. The first-order valence-electron chi connectivity index (χ1n) is 6.62. The van der Waals surface area contributed by atoms with Crippen molar-refractivity contribution >= 4 is 18.3 Å². The van der Waals surface area contributed by atoms with Crippen LogP contribution in [0, 0.1) is 12.8 Å². The van der Waals surface area contributed by atoms with E-state index in [4.69, 9.17) is 10.5 Å². The zero-order chi connectivity index (χ0) is 14.4. The van der Waals surface area contributed by atoms with E-state index in [0.717, 1.165) is 5.75 Å². The molecule has 0 aliphatic carbocycles. The van der Waals surface area contributed by atoms with E-state index in [2.05, 4.69) is 0 Å². The Morgan fingerprint density at radius 2 is 1.85 bits per heavy atom. The number of hydrogen-bond acceptors (Lipinski definition) is 3. The van der Waals surface area contributed by atoms with E-state index in [1.807, 2.05) is 45.0 Å². The van der Waals surface area contributed by atoms with Crippen molar-refractivity contribution in [3.05, 3.63) is 29.8 Å². The maximum atomic E-state index is 12.0. The van der Waals surface area contributed by atoms with Crippen molar-refractivity contribution in [1.29, 1.82) is 0 Å². The first-order valence-corrected chi connectivity index (χ1v) is 6.62. The van der Waals surface area contributed by atoms with Crippen molar-refractivity contribution in [3.63, 3.8) is 0 Å². The van der Waals surface area contributed by atoms with Gasteiger partial charge in [-0.15, -0.1) is 12.4 Å². The molecule has 0 heterocycles. The number of rotatable bonds is 6. The van der Waals surface area contributed by atoms with Crippen LogP contribution in [0.15, 0.2) is 24.3 Å². The fourth-order valence-electron chi connectivity index (χ4n) is 1.62. The Morgan fingerprint density at radius 1 is 1.30 bits per heavy atom. The SMILES string of the molecule is Cc1ccc(OCCN(C)C(=O)C(C)C(C)N)cc1.Cl. The van der Waals surface area contributed by atoms with E-state index < -0.39 is 0 Å². The molecule has 4 nitrogen and oxygen atoms in total. The quantitative estimate of drug-likeness (QED) is 0.876. The number of carbonyl (C=O) groups is 1. The van der Waals surface area contributed by atoms with Gasteiger partial charge in [0, 0.05) is 13.1 Å². The lowest BCUT2D eigenvalue weighted by molar-refractivity contribution is -0.134. The van der Waals surface area contributed by atoms with Crippen LogP contribution in [0.1, 0.15) is 19.4 Å². The molecule has 0 aromatic heterocycles. The maximum absolute atomic E-state index is 12.0. The summed E-state index contributed by atoms with van der Waals surface area (Å²) in [5.74, 6) is 0.721. The molecule has 0 spiro atoms. The molecule has 0 bridgehead atoms. The highest BCUT2D eigenvalue weighted by Crippen LogP contribution is 2.11. The lowest BCUT2D eigenvalue weighted by Gasteiger charge is -2.23. The van der Waals surface area contributed by atoms with Crippen LogP contribution in [-0.4, -0.2) is 37.0 Å². The van der Waals surface area contributed by atoms with Crippen LogP contribution in [0.4, 0.5) is 0 Å². The highest BCUT2D eigenvalue weighted by atomic mass is 35.5. The molecule has 2 N–H and O–H groups in total. The number of hydrogen-bond donors (Lipinski definition) is 1. The summed E-state index contributed by atoms with van der Waals surface area (Å²) in [4.78, 5) is 13.6. The van der Waals surface area contributed by atoms with Gasteiger partial charge in [-0.1, -0.05) is 24.6 Å². The third kappa shape index (κ3) is 5.80. The van der Waals surface area contributed by atoms with Crippen LogP contribution in [0.3, 0.4) is 0 Å². The van der Waals surface area contributed by atoms with Crippen molar-refractivity contribution in [1.82, 2.24) is 4.90 Å². The van der Waals surface area contributed by atoms with Gasteiger partial charge in [0.2, 0.25) is 5.91 Å². The number of nitrogens with two attached hydrogens (primary N) is 1. The molecule has 0 saturated heterocycles. The summed E-state index contributed by atoms with van der Waals surface area (Å²) in [5, 5.41) is 0. The number of benzene rings is 1. The molecule has 1 rings (SSSR count). The van der Waals surface area contributed by atoms with Gasteiger partial charge in [0.25, 0.3) is 0 Å². The molecule has 0 fully saturated rings. The minimum Gasteiger partial charge on any atom is -0.492 e. The summed E-state index contributed by atoms with van der Waals surface area (Å²) in [7, 11) is 1.78. The second kappa shape index (κ2) is 8.82. The topological polar surface area (TPSA) is 55.6 Å². The number of likely N-dealkylation sites (N-methyl/N-ethyl adjacent to an activating group) is 1. The molecule has 5 heteroatoms. The lowest BCUT2D eigenvalue weighted by atomic mass is 10.0. The largest absolute Gasteiger partial charge is 0.492 e. The molecule has 1 aromatic carbocycles. The monoisotopic (exact) mass is 300 g/mol. The van der Waals surface area contributed by atoms with Crippen molar-refractivity contribution in [2.24, 2.45) is 11.7 Å². The van der Waals surface area contributed by atoms with Gasteiger partial charge in [0.1, 0.15) is 12.4 Å².